The zero-order valence-corrected chi connectivity index (χ0v) is 11.7. The van der Waals surface area contributed by atoms with Gasteiger partial charge in [-0.15, -0.1) is 0 Å². The van der Waals surface area contributed by atoms with E-state index in [4.69, 9.17) is 0 Å². The van der Waals surface area contributed by atoms with Crippen LogP contribution in [0.4, 0.5) is 5.82 Å². The highest BCUT2D eigenvalue weighted by Crippen LogP contribution is 2.24. The fourth-order valence-corrected chi connectivity index (χ4v) is 2.02. The standard InChI is InChI=1S/C14H15BrN2O/c1-10-7-8-16-14(13(10)15)17-9-12(18)11-5-3-2-4-6-11/h2-8,12,18H,9H2,1H3,(H,16,17). The van der Waals surface area contributed by atoms with Gasteiger partial charge in [0.2, 0.25) is 0 Å². The van der Waals surface area contributed by atoms with Crippen molar-refractivity contribution < 1.29 is 5.11 Å². The first-order valence-corrected chi connectivity index (χ1v) is 6.56. The van der Waals surface area contributed by atoms with Crippen LogP contribution in [0.5, 0.6) is 0 Å². The molecule has 1 aromatic heterocycles. The number of rotatable bonds is 4. The minimum absolute atomic E-state index is 0.430. The van der Waals surface area contributed by atoms with Gasteiger partial charge in [0, 0.05) is 12.7 Å². The maximum Gasteiger partial charge on any atom is 0.140 e. The number of aryl methyl sites for hydroxylation is 1. The molecule has 0 bridgehead atoms. The van der Waals surface area contributed by atoms with Gasteiger partial charge in [0.1, 0.15) is 5.82 Å². The van der Waals surface area contributed by atoms with E-state index in [-0.39, 0.29) is 0 Å². The Hall–Kier alpha value is -1.39. The molecule has 3 nitrogen and oxygen atoms in total. The lowest BCUT2D eigenvalue weighted by atomic mass is 10.1. The van der Waals surface area contributed by atoms with Crippen LogP contribution in [0.15, 0.2) is 47.1 Å². The van der Waals surface area contributed by atoms with Crippen molar-refractivity contribution in [3.05, 3.63) is 58.2 Å². The van der Waals surface area contributed by atoms with Crippen LogP contribution in [0.3, 0.4) is 0 Å². The van der Waals surface area contributed by atoms with E-state index >= 15 is 0 Å². The molecule has 0 saturated heterocycles. The molecule has 0 spiro atoms. The molecule has 0 aliphatic rings. The molecule has 18 heavy (non-hydrogen) atoms. The molecular formula is C14H15BrN2O. The molecule has 2 N–H and O–H groups in total. The molecule has 0 aliphatic heterocycles. The van der Waals surface area contributed by atoms with Gasteiger partial charge >= 0.3 is 0 Å². The number of halogens is 1. The minimum atomic E-state index is -0.541. The summed E-state index contributed by atoms with van der Waals surface area (Å²) in [6, 6.07) is 11.5. The molecule has 2 rings (SSSR count). The summed E-state index contributed by atoms with van der Waals surface area (Å²) in [7, 11) is 0. The normalized spacial score (nSPS) is 12.2. The quantitative estimate of drug-likeness (QED) is 0.911. The Balaban J connectivity index is 2.02. The number of nitrogens with zero attached hydrogens (tertiary/aromatic N) is 1. The molecule has 1 aromatic carbocycles. The number of aromatic nitrogens is 1. The largest absolute Gasteiger partial charge is 0.387 e. The van der Waals surface area contributed by atoms with Crippen LogP contribution < -0.4 is 5.32 Å². The summed E-state index contributed by atoms with van der Waals surface area (Å²) in [6.07, 6.45) is 1.21. The maximum atomic E-state index is 10.0. The smallest absolute Gasteiger partial charge is 0.140 e. The summed E-state index contributed by atoms with van der Waals surface area (Å²) in [4.78, 5) is 4.24. The SMILES string of the molecule is Cc1ccnc(NCC(O)c2ccccc2)c1Br. The van der Waals surface area contributed by atoms with Gasteiger partial charge in [0.25, 0.3) is 0 Å². The number of aliphatic hydroxyl groups excluding tert-OH is 1. The van der Waals surface area contributed by atoms with Crippen LogP contribution in [-0.2, 0) is 0 Å². The first-order chi connectivity index (χ1) is 8.68. The van der Waals surface area contributed by atoms with Gasteiger partial charge in [-0.05, 0) is 40.0 Å². The van der Waals surface area contributed by atoms with E-state index in [0.717, 1.165) is 21.4 Å². The van der Waals surface area contributed by atoms with Crippen molar-refractivity contribution in [2.75, 3.05) is 11.9 Å². The molecule has 0 aliphatic carbocycles. The third-order valence-corrected chi connectivity index (χ3v) is 3.73. The molecule has 0 fully saturated rings. The Labute approximate surface area is 115 Å². The van der Waals surface area contributed by atoms with Crippen molar-refractivity contribution in [3.8, 4) is 0 Å². The lowest BCUT2D eigenvalue weighted by molar-refractivity contribution is 0.191. The van der Waals surface area contributed by atoms with E-state index in [1.165, 1.54) is 0 Å². The zero-order chi connectivity index (χ0) is 13.0. The van der Waals surface area contributed by atoms with Crippen LogP contribution >= 0.6 is 15.9 Å². The van der Waals surface area contributed by atoms with Gasteiger partial charge in [-0.3, -0.25) is 0 Å². The summed E-state index contributed by atoms with van der Waals surface area (Å²) >= 11 is 3.48. The number of aliphatic hydroxyl groups is 1. The van der Waals surface area contributed by atoms with Gasteiger partial charge < -0.3 is 10.4 Å². The Morgan fingerprint density at radius 3 is 2.72 bits per heavy atom. The van der Waals surface area contributed by atoms with E-state index < -0.39 is 6.10 Å². The highest BCUT2D eigenvalue weighted by Gasteiger charge is 2.09. The van der Waals surface area contributed by atoms with Gasteiger partial charge in [-0.1, -0.05) is 30.3 Å². The molecular weight excluding hydrogens is 292 g/mol. The first-order valence-electron chi connectivity index (χ1n) is 5.76. The van der Waals surface area contributed by atoms with Crippen LogP contribution in [0.25, 0.3) is 0 Å². The van der Waals surface area contributed by atoms with Crippen molar-refractivity contribution >= 4 is 21.7 Å². The zero-order valence-electron chi connectivity index (χ0n) is 10.1. The summed E-state index contributed by atoms with van der Waals surface area (Å²) in [6.45, 7) is 2.43. The van der Waals surface area contributed by atoms with E-state index in [0.29, 0.717) is 6.54 Å². The average molecular weight is 307 g/mol. The number of nitrogens with one attached hydrogen (secondary N) is 1. The van der Waals surface area contributed by atoms with E-state index in [2.05, 4.69) is 26.2 Å². The molecule has 94 valence electrons. The van der Waals surface area contributed by atoms with Crippen molar-refractivity contribution in [3.63, 3.8) is 0 Å². The van der Waals surface area contributed by atoms with Crippen LogP contribution in [-0.4, -0.2) is 16.6 Å². The number of pyridine rings is 1. The van der Waals surface area contributed by atoms with Crippen LogP contribution in [0.2, 0.25) is 0 Å². The maximum absolute atomic E-state index is 10.0. The molecule has 0 saturated carbocycles. The molecule has 0 amide bonds. The lowest BCUT2D eigenvalue weighted by Gasteiger charge is -2.14. The van der Waals surface area contributed by atoms with E-state index in [1.807, 2.05) is 43.3 Å². The summed E-state index contributed by atoms with van der Waals surface area (Å²) in [5.74, 6) is 0.755. The molecule has 4 heteroatoms. The Kier molecular flexibility index (Phi) is 4.33. The average Bonchev–Trinajstić information content (AvgIpc) is 2.41. The number of hydrogen-bond acceptors (Lipinski definition) is 3. The summed E-state index contributed by atoms with van der Waals surface area (Å²) < 4.78 is 0.935. The second-order valence-corrected chi connectivity index (χ2v) is 4.89. The monoisotopic (exact) mass is 306 g/mol. The predicted octanol–water partition coefficient (Wildman–Crippen LogP) is 3.30. The molecule has 0 radical (unpaired) electrons. The Morgan fingerprint density at radius 2 is 2.00 bits per heavy atom. The highest BCUT2D eigenvalue weighted by molar-refractivity contribution is 9.10. The second kappa shape index (κ2) is 5.98. The predicted molar refractivity (Wildman–Crippen MR) is 76.6 cm³/mol. The van der Waals surface area contributed by atoms with Gasteiger partial charge in [0.15, 0.2) is 0 Å². The van der Waals surface area contributed by atoms with Crippen molar-refractivity contribution in [2.45, 2.75) is 13.0 Å². The van der Waals surface area contributed by atoms with E-state index in [9.17, 15) is 5.11 Å². The second-order valence-electron chi connectivity index (χ2n) is 4.10. The third kappa shape index (κ3) is 3.09. The van der Waals surface area contributed by atoms with Crippen LogP contribution in [0, 0.1) is 6.92 Å². The first kappa shape index (κ1) is 13.1. The van der Waals surface area contributed by atoms with Crippen LogP contribution in [0.1, 0.15) is 17.2 Å². The molecule has 1 unspecified atom stereocenters. The lowest BCUT2D eigenvalue weighted by Crippen LogP contribution is -2.13. The fourth-order valence-electron chi connectivity index (χ4n) is 1.65. The topological polar surface area (TPSA) is 45.2 Å². The fraction of sp³-hybridized carbons (Fsp3) is 0.214. The summed E-state index contributed by atoms with van der Waals surface area (Å²) in [5, 5.41) is 13.2. The van der Waals surface area contributed by atoms with Gasteiger partial charge in [-0.25, -0.2) is 4.98 Å². The van der Waals surface area contributed by atoms with Crippen molar-refractivity contribution in [2.24, 2.45) is 0 Å². The van der Waals surface area contributed by atoms with Crippen molar-refractivity contribution in [1.29, 1.82) is 0 Å². The van der Waals surface area contributed by atoms with Gasteiger partial charge in [-0.2, -0.15) is 0 Å². The molecule has 2 aromatic rings. The minimum Gasteiger partial charge on any atom is -0.387 e. The molecule has 1 heterocycles. The number of hydrogen-bond donors (Lipinski definition) is 2. The number of benzene rings is 1. The third-order valence-electron chi connectivity index (χ3n) is 2.73. The number of anilines is 1. The summed E-state index contributed by atoms with van der Waals surface area (Å²) in [5.41, 5.74) is 2.01. The highest BCUT2D eigenvalue weighted by atomic mass is 79.9. The van der Waals surface area contributed by atoms with E-state index in [1.54, 1.807) is 6.20 Å². The van der Waals surface area contributed by atoms with Gasteiger partial charge in [0.05, 0.1) is 10.6 Å². The molecule has 1 atom stereocenters. The van der Waals surface area contributed by atoms with Crippen molar-refractivity contribution in [1.82, 2.24) is 4.98 Å². The Morgan fingerprint density at radius 1 is 1.28 bits per heavy atom. The Bertz CT molecular complexity index is 516.